The molecule has 3 nitrogen and oxygen atoms in total. The monoisotopic (exact) mass is 161 g/mol. The van der Waals surface area contributed by atoms with Gasteiger partial charge in [-0.25, -0.2) is 9.18 Å². The summed E-state index contributed by atoms with van der Waals surface area (Å²) >= 11 is 0. The molecular weight excluding hydrogens is 149 g/mol. The van der Waals surface area contributed by atoms with Crippen LogP contribution in [-0.2, 0) is 4.74 Å². The summed E-state index contributed by atoms with van der Waals surface area (Å²) in [6, 6.07) is 0. The topological polar surface area (TPSA) is 29.5 Å². The Hall–Kier alpha value is -0.800. The SMILES string of the molecule is O=C(OCCF)N1CCCC1. The summed E-state index contributed by atoms with van der Waals surface area (Å²) < 4.78 is 16.1. The summed E-state index contributed by atoms with van der Waals surface area (Å²) in [5.41, 5.74) is 0. The van der Waals surface area contributed by atoms with Crippen molar-refractivity contribution in [2.24, 2.45) is 0 Å². The number of alkyl halides is 1. The number of hydrogen-bond acceptors (Lipinski definition) is 2. The zero-order valence-electron chi connectivity index (χ0n) is 6.38. The number of nitrogens with zero attached hydrogens (tertiary/aromatic N) is 1. The molecule has 1 fully saturated rings. The Balaban J connectivity index is 2.17. The summed E-state index contributed by atoms with van der Waals surface area (Å²) in [5.74, 6) is 0. The minimum atomic E-state index is -0.598. The first-order valence-corrected chi connectivity index (χ1v) is 3.82. The van der Waals surface area contributed by atoms with Crippen LogP contribution >= 0.6 is 0 Å². The van der Waals surface area contributed by atoms with Crippen LogP contribution in [0.1, 0.15) is 12.8 Å². The number of halogens is 1. The van der Waals surface area contributed by atoms with E-state index in [1.54, 1.807) is 4.90 Å². The van der Waals surface area contributed by atoms with Crippen molar-refractivity contribution in [2.45, 2.75) is 12.8 Å². The van der Waals surface area contributed by atoms with Gasteiger partial charge in [-0.2, -0.15) is 0 Å². The second-order valence-electron chi connectivity index (χ2n) is 2.50. The molecule has 0 radical (unpaired) electrons. The van der Waals surface area contributed by atoms with Gasteiger partial charge >= 0.3 is 6.09 Å². The summed E-state index contributed by atoms with van der Waals surface area (Å²) in [6.45, 7) is 0.797. The molecule has 0 aromatic heterocycles. The van der Waals surface area contributed by atoms with E-state index in [4.69, 9.17) is 0 Å². The smallest absolute Gasteiger partial charge is 0.409 e. The predicted molar refractivity (Wildman–Crippen MR) is 38.1 cm³/mol. The average molecular weight is 161 g/mol. The van der Waals surface area contributed by atoms with Crippen LogP contribution in [0.5, 0.6) is 0 Å². The van der Waals surface area contributed by atoms with Crippen molar-refractivity contribution in [1.29, 1.82) is 0 Å². The molecule has 0 aromatic carbocycles. The first-order chi connectivity index (χ1) is 5.34. The third-order valence-corrected chi connectivity index (χ3v) is 1.67. The Morgan fingerprint density at radius 2 is 2.09 bits per heavy atom. The zero-order valence-corrected chi connectivity index (χ0v) is 6.38. The van der Waals surface area contributed by atoms with Gasteiger partial charge in [0.05, 0.1) is 0 Å². The lowest BCUT2D eigenvalue weighted by molar-refractivity contribution is 0.104. The molecule has 0 spiro atoms. The first-order valence-electron chi connectivity index (χ1n) is 3.82. The van der Waals surface area contributed by atoms with Crippen LogP contribution < -0.4 is 0 Å². The molecule has 11 heavy (non-hydrogen) atoms. The lowest BCUT2D eigenvalue weighted by Crippen LogP contribution is -2.28. The van der Waals surface area contributed by atoms with E-state index in [1.807, 2.05) is 0 Å². The summed E-state index contributed by atoms with van der Waals surface area (Å²) in [6.07, 6.45) is 1.69. The molecule has 1 amide bonds. The Bertz CT molecular complexity index is 134. The lowest BCUT2D eigenvalue weighted by Gasteiger charge is -2.13. The van der Waals surface area contributed by atoms with Crippen molar-refractivity contribution in [3.8, 4) is 0 Å². The van der Waals surface area contributed by atoms with Crippen LogP contribution in [0.2, 0.25) is 0 Å². The Labute approximate surface area is 65.1 Å². The van der Waals surface area contributed by atoms with Gasteiger partial charge in [0.1, 0.15) is 13.3 Å². The highest BCUT2D eigenvalue weighted by Gasteiger charge is 2.18. The molecule has 0 saturated carbocycles. The van der Waals surface area contributed by atoms with Gasteiger partial charge < -0.3 is 9.64 Å². The van der Waals surface area contributed by atoms with E-state index in [0.717, 1.165) is 25.9 Å². The maximum Gasteiger partial charge on any atom is 0.409 e. The standard InChI is InChI=1S/C7H12FNO2/c8-3-6-11-7(10)9-4-1-2-5-9/h1-6H2. The van der Waals surface area contributed by atoms with Crippen molar-refractivity contribution in [3.63, 3.8) is 0 Å². The maximum atomic E-state index is 11.5. The zero-order chi connectivity index (χ0) is 8.10. The number of rotatable bonds is 2. The maximum absolute atomic E-state index is 11.5. The Kier molecular flexibility index (Phi) is 3.14. The molecule has 1 saturated heterocycles. The number of likely N-dealkylation sites (tertiary alicyclic amines) is 1. The highest BCUT2D eigenvalue weighted by Crippen LogP contribution is 2.08. The number of hydrogen-bond donors (Lipinski definition) is 0. The predicted octanol–water partition coefficient (Wildman–Crippen LogP) is 1.19. The molecule has 64 valence electrons. The van der Waals surface area contributed by atoms with Crippen molar-refractivity contribution < 1.29 is 13.9 Å². The molecule has 0 aromatic rings. The second-order valence-corrected chi connectivity index (χ2v) is 2.50. The first kappa shape index (κ1) is 8.30. The third-order valence-electron chi connectivity index (χ3n) is 1.67. The summed E-state index contributed by atoms with van der Waals surface area (Å²) in [4.78, 5) is 12.5. The van der Waals surface area contributed by atoms with Crippen LogP contribution in [0.15, 0.2) is 0 Å². The normalized spacial score (nSPS) is 17.0. The molecule has 0 aliphatic carbocycles. The van der Waals surface area contributed by atoms with E-state index in [-0.39, 0.29) is 12.7 Å². The van der Waals surface area contributed by atoms with Gasteiger partial charge in [-0.3, -0.25) is 0 Å². The largest absolute Gasteiger partial charge is 0.447 e. The number of ether oxygens (including phenoxy) is 1. The van der Waals surface area contributed by atoms with E-state index < -0.39 is 6.67 Å². The Morgan fingerprint density at radius 1 is 1.45 bits per heavy atom. The van der Waals surface area contributed by atoms with E-state index in [9.17, 15) is 9.18 Å². The van der Waals surface area contributed by atoms with Crippen molar-refractivity contribution in [1.82, 2.24) is 4.90 Å². The van der Waals surface area contributed by atoms with Gasteiger partial charge in [-0.05, 0) is 12.8 Å². The fourth-order valence-electron chi connectivity index (χ4n) is 1.12. The molecule has 4 heteroatoms. The third kappa shape index (κ3) is 2.37. The summed E-state index contributed by atoms with van der Waals surface area (Å²) in [7, 11) is 0. The molecule has 0 atom stereocenters. The fraction of sp³-hybridized carbons (Fsp3) is 0.857. The van der Waals surface area contributed by atoms with Gasteiger partial charge in [-0.1, -0.05) is 0 Å². The molecule has 0 bridgehead atoms. The van der Waals surface area contributed by atoms with Crippen LogP contribution in [-0.4, -0.2) is 37.4 Å². The minimum absolute atomic E-state index is 0.116. The van der Waals surface area contributed by atoms with E-state index in [0.29, 0.717) is 0 Å². The molecule has 1 aliphatic heterocycles. The molecule has 0 unspecified atom stereocenters. The van der Waals surface area contributed by atoms with Crippen molar-refractivity contribution >= 4 is 6.09 Å². The molecular formula is C7H12FNO2. The average Bonchev–Trinajstić information content (AvgIpc) is 2.52. The van der Waals surface area contributed by atoms with Gasteiger partial charge in [-0.15, -0.1) is 0 Å². The number of carbonyl (C=O) groups excluding carboxylic acids is 1. The van der Waals surface area contributed by atoms with Gasteiger partial charge in [0.2, 0.25) is 0 Å². The molecule has 1 aliphatic rings. The van der Waals surface area contributed by atoms with E-state index in [1.165, 1.54) is 0 Å². The van der Waals surface area contributed by atoms with Crippen LogP contribution in [0.4, 0.5) is 9.18 Å². The molecule has 1 heterocycles. The quantitative estimate of drug-likeness (QED) is 0.608. The lowest BCUT2D eigenvalue weighted by atomic mass is 10.4. The van der Waals surface area contributed by atoms with Gasteiger partial charge in [0.15, 0.2) is 0 Å². The van der Waals surface area contributed by atoms with Crippen molar-refractivity contribution in [3.05, 3.63) is 0 Å². The van der Waals surface area contributed by atoms with E-state index in [2.05, 4.69) is 4.74 Å². The molecule has 1 rings (SSSR count). The number of amides is 1. The van der Waals surface area contributed by atoms with Gasteiger partial charge in [0, 0.05) is 13.1 Å². The minimum Gasteiger partial charge on any atom is -0.447 e. The van der Waals surface area contributed by atoms with Crippen LogP contribution in [0.25, 0.3) is 0 Å². The highest BCUT2D eigenvalue weighted by atomic mass is 19.1. The van der Waals surface area contributed by atoms with Gasteiger partial charge in [0.25, 0.3) is 0 Å². The summed E-state index contributed by atoms with van der Waals surface area (Å²) in [5, 5.41) is 0. The van der Waals surface area contributed by atoms with Crippen LogP contribution in [0.3, 0.4) is 0 Å². The molecule has 0 N–H and O–H groups in total. The van der Waals surface area contributed by atoms with Crippen molar-refractivity contribution in [2.75, 3.05) is 26.4 Å². The van der Waals surface area contributed by atoms with E-state index >= 15 is 0 Å². The number of carbonyl (C=O) groups is 1. The fourth-order valence-corrected chi connectivity index (χ4v) is 1.12. The second kappa shape index (κ2) is 4.16. The van der Waals surface area contributed by atoms with Crippen LogP contribution in [0, 0.1) is 0 Å². The highest BCUT2D eigenvalue weighted by molar-refractivity contribution is 5.67. The Morgan fingerprint density at radius 3 is 2.64 bits per heavy atom.